The van der Waals surface area contributed by atoms with Gasteiger partial charge in [-0.25, -0.2) is 4.39 Å². The van der Waals surface area contributed by atoms with Gasteiger partial charge in [0.25, 0.3) is 5.91 Å². The summed E-state index contributed by atoms with van der Waals surface area (Å²) >= 11 is 4.17. The van der Waals surface area contributed by atoms with Crippen LogP contribution in [0.15, 0.2) is 23.2 Å². The second-order valence-corrected chi connectivity index (χ2v) is 6.42. The molecule has 2 rings (SSSR count). The molecule has 134 valence electrons. The first kappa shape index (κ1) is 18.8. The van der Waals surface area contributed by atoms with Gasteiger partial charge in [-0.2, -0.15) is 0 Å². The maximum Gasteiger partial charge on any atom is 0.250 e. The summed E-state index contributed by atoms with van der Waals surface area (Å²) in [5.41, 5.74) is 11.1. The van der Waals surface area contributed by atoms with Gasteiger partial charge in [0.2, 0.25) is 5.91 Å². The Morgan fingerprint density at radius 3 is 2.48 bits per heavy atom. The fourth-order valence-electron chi connectivity index (χ4n) is 2.39. The second-order valence-electron chi connectivity index (χ2n) is 5.94. The lowest BCUT2D eigenvalue weighted by Crippen LogP contribution is -2.37. The highest BCUT2D eigenvalue weighted by Crippen LogP contribution is 2.35. The van der Waals surface area contributed by atoms with Gasteiger partial charge in [-0.1, -0.05) is 0 Å². The lowest BCUT2D eigenvalue weighted by atomic mass is 10.1. The smallest absolute Gasteiger partial charge is 0.250 e. The summed E-state index contributed by atoms with van der Waals surface area (Å²) in [4.78, 5) is 23.1. The molecule has 1 aliphatic carbocycles. The maximum atomic E-state index is 14.3. The predicted molar refractivity (Wildman–Crippen MR) is 98.3 cm³/mol. The van der Waals surface area contributed by atoms with Crippen molar-refractivity contribution in [3.05, 3.63) is 34.6 Å². The molecule has 0 radical (unpaired) electrons. The lowest BCUT2D eigenvalue weighted by Gasteiger charge is -2.19. The number of benzene rings is 1. The van der Waals surface area contributed by atoms with Crippen LogP contribution in [0.4, 0.5) is 15.8 Å². The highest BCUT2D eigenvalue weighted by atomic mass is 32.1. The molecule has 0 heterocycles. The zero-order valence-electron chi connectivity index (χ0n) is 13.6. The number of primary amides is 2. The highest BCUT2D eigenvalue weighted by molar-refractivity contribution is 7.84. The third kappa shape index (κ3) is 4.96. The van der Waals surface area contributed by atoms with Crippen LogP contribution in [0.3, 0.4) is 0 Å². The number of hydrogen-bond acceptors (Lipinski definition) is 6. The Kier molecular flexibility index (Phi) is 5.68. The number of halogens is 1. The molecule has 0 saturated heterocycles. The molecule has 0 spiro atoms. The molecule has 0 aliphatic heterocycles. The summed E-state index contributed by atoms with van der Waals surface area (Å²) in [5.74, 6) is -2.04. The number of thiol groups is 1. The number of nitrogens with one attached hydrogen (secondary N) is 3. The number of allylic oxidation sites excluding steroid dienone is 1. The molecule has 1 aliphatic rings. The van der Waals surface area contributed by atoms with E-state index < -0.39 is 23.7 Å². The van der Waals surface area contributed by atoms with Crippen molar-refractivity contribution in [3.63, 3.8) is 0 Å². The van der Waals surface area contributed by atoms with Gasteiger partial charge in [0.05, 0.1) is 22.0 Å². The maximum absolute atomic E-state index is 14.3. The standard InChI is InChI=1S/C16H20FN5O2S/c1-7(18)4-13(25)21-11-6-12(10(17)5-9(11)15(19)23)22-14(16(20)24)8-2-3-8/h4-6,8,14,18,21-22,25H,2-3H2,1H3,(H2,19,23)(H2,20,24)/b13-4-,18-7?/t14-/m1/s1. The molecule has 7 N–H and O–H groups in total. The van der Waals surface area contributed by atoms with Crippen LogP contribution in [0.25, 0.3) is 0 Å². The normalized spacial score (nSPS) is 15.4. The third-order valence-electron chi connectivity index (χ3n) is 3.70. The van der Waals surface area contributed by atoms with E-state index in [1.807, 2.05) is 0 Å². The van der Waals surface area contributed by atoms with Crippen molar-refractivity contribution >= 4 is 41.5 Å². The molecule has 1 aromatic rings. The molecular formula is C16H20FN5O2S. The summed E-state index contributed by atoms with van der Waals surface area (Å²) in [6.07, 6.45) is 3.10. The first-order valence-corrected chi connectivity index (χ1v) is 8.05. The average Bonchev–Trinajstić information content (AvgIpc) is 3.30. The molecule has 9 heteroatoms. The van der Waals surface area contributed by atoms with Crippen LogP contribution in [0.2, 0.25) is 0 Å². The van der Waals surface area contributed by atoms with Crippen LogP contribution >= 0.6 is 12.6 Å². The van der Waals surface area contributed by atoms with Gasteiger partial charge in [-0.15, -0.1) is 12.6 Å². The van der Waals surface area contributed by atoms with Gasteiger partial charge in [-0.05, 0) is 43.9 Å². The molecule has 0 bridgehead atoms. The first-order chi connectivity index (χ1) is 11.7. The number of amides is 2. The van der Waals surface area contributed by atoms with Crippen molar-refractivity contribution in [2.75, 3.05) is 10.6 Å². The quantitative estimate of drug-likeness (QED) is 0.309. The van der Waals surface area contributed by atoms with E-state index in [2.05, 4.69) is 23.3 Å². The van der Waals surface area contributed by atoms with E-state index in [1.165, 1.54) is 12.1 Å². The monoisotopic (exact) mass is 365 g/mol. The second kappa shape index (κ2) is 7.56. The Morgan fingerprint density at radius 2 is 2.00 bits per heavy atom. The number of nitrogens with two attached hydrogens (primary N) is 2. The Hall–Kier alpha value is -2.55. The van der Waals surface area contributed by atoms with E-state index >= 15 is 0 Å². The molecule has 25 heavy (non-hydrogen) atoms. The zero-order chi connectivity index (χ0) is 18.7. The van der Waals surface area contributed by atoms with Crippen molar-refractivity contribution in [2.24, 2.45) is 17.4 Å². The van der Waals surface area contributed by atoms with Gasteiger partial charge in [0.15, 0.2) is 0 Å². The van der Waals surface area contributed by atoms with Crippen molar-refractivity contribution < 1.29 is 14.0 Å². The van der Waals surface area contributed by atoms with Crippen LogP contribution in [0, 0.1) is 17.1 Å². The zero-order valence-corrected chi connectivity index (χ0v) is 14.5. The van der Waals surface area contributed by atoms with Crippen LogP contribution < -0.4 is 22.1 Å². The van der Waals surface area contributed by atoms with Crippen molar-refractivity contribution in [1.82, 2.24) is 0 Å². The van der Waals surface area contributed by atoms with Gasteiger partial charge in [0.1, 0.15) is 11.9 Å². The Labute approximate surface area is 149 Å². The first-order valence-electron chi connectivity index (χ1n) is 7.61. The van der Waals surface area contributed by atoms with Crippen LogP contribution in [0.1, 0.15) is 30.1 Å². The summed E-state index contributed by atoms with van der Waals surface area (Å²) in [7, 11) is 0. The largest absolute Gasteiger partial charge is 0.371 e. The van der Waals surface area contributed by atoms with Crippen molar-refractivity contribution in [1.29, 1.82) is 5.41 Å². The SMILES string of the molecule is CC(=N)/C=C(\S)Nc1cc(N[C@@H](C(N)=O)C2CC2)c(F)cc1C(N)=O. The Bertz CT molecular complexity index is 761. The minimum absolute atomic E-state index is 0.0240. The predicted octanol–water partition coefficient (Wildman–Crippen LogP) is 1.82. The van der Waals surface area contributed by atoms with Gasteiger partial charge < -0.3 is 27.5 Å². The van der Waals surface area contributed by atoms with E-state index in [9.17, 15) is 14.0 Å². The summed E-state index contributed by atoms with van der Waals surface area (Å²) < 4.78 is 14.3. The van der Waals surface area contributed by atoms with Gasteiger partial charge in [0, 0.05) is 5.71 Å². The number of rotatable bonds is 8. The van der Waals surface area contributed by atoms with Crippen LogP contribution in [-0.4, -0.2) is 23.6 Å². The number of hydrogen-bond donors (Lipinski definition) is 6. The molecule has 2 amide bonds. The number of carbonyl (C=O) groups is 2. The average molecular weight is 365 g/mol. The van der Waals surface area contributed by atoms with E-state index in [1.54, 1.807) is 6.92 Å². The van der Waals surface area contributed by atoms with Crippen LogP contribution in [-0.2, 0) is 4.79 Å². The molecule has 0 unspecified atom stereocenters. The fourth-order valence-corrected chi connectivity index (χ4v) is 2.70. The van der Waals surface area contributed by atoms with Crippen molar-refractivity contribution in [3.8, 4) is 0 Å². The minimum atomic E-state index is -0.825. The lowest BCUT2D eigenvalue weighted by molar-refractivity contribution is -0.119. The van der Waals surface area contributed by atoms with Gasteiger partial charge in [-0.3, -0.25) is 9.59 Å². The molecular weight excluding hydrogens is 345 g/mol. The summed E-state index contributed by atoms with van der Waals surface area (Å²) in [6.45, 7) is 1.55. The van der Waals surface area contributed by atoms with Crippen molar-refractivity contribution in [2.45, 2.75) is 25.8 Å². The molecule has 1 fully saturated rings. The fraction of sp³-hybridized carbons (Fsp3) is 0.312. The molecule has 7 nitrogen and oxygen atoms in total. The van der Waals surface area contributed by atoms with E-state index in [0.29, 0.717) is 0 Å². The summed E-state index contributed by atoms with van der Waals surface area (Å²) in [6, 6.07) is 1.63. The van der Waals surface area contributed by atoms with E-state index in [0.717, 1.165) is 18.9 Å². The third-order valence-corrected chi connectivity index (χ3v) is 3.94. The van der Waals surface area contributed by atoms with Crippen LogP contribution in [0.5, 0.6) is 0 Å². The minimum Gasteiger partial charge on any atom is -0.371 e. The molecule has 0 aromatic heterocycles. The molecule has 1 aromatic carbocycles. The van der Waals surface area contributed by atoms with E-state index in [-0.39, 0.29) is 33.6 Å². The Morgan fingerprint density at radius 1 is 1.36 bits per heavy atom. The molecule has 1 atom stereocenters. The number of anilines is 2. The number of carbonyl (C=O) groups excluding carboxylic acids is 2. The molecule has 1 saturated carbocycles. The summed E-state index contributed by atoms with van der Waals surface area (Å²) in [5, 5.41) is 13.3. The Balaban J connectivity index is 2.37. The highest BCUT2D eigenvalue weighted by Gasteiger charge is 2.35. The topological polar surface area (TPSA) is 134 Å². The van der Waals surface area contributed by atoms with E-state index in [4.69, 9.17) is 16.9 Å². The van der Waals surface area contributed by atoms with Gasteiger partial charge >= 0.3 is 0 Å².